The second-order valence-electron chi connectivity index (χ2n) is 3.68. The van der Waals surface area contributed by atoms with Gasteiger partial charge in [-0.2, -0.15) is 0 Å². The van der Waals surface area contributed by atoms with Crippen molar-refractivity contribution in [1.82, 2.24) is 0 Å². The molecular formula is C11H18N2. The van der Waals surface area contributed by atoms with Gasteiger partial charge in [0.25, 0.3) is 0 Å². The highest BCUT2D eigenvalue weighted by atomic mass is 15.0. The Morgan fingerprint density at radius 1 is 1.38 bits per heavy atom. The van der Waals surface area contributed by atoms with Crippen LogP contribution in [0.2, 0.25) is 0 Å². The summed E-state index contributed by atoms with van der Waals surface area (Å²) in [7, 11) is 0. The van der Waals surface area contributed by atoms with E-state index < -0.39 is 0 Å². The molecule has 0 unspecified atom stereocenters. The van der Waals surface area contributed by atoms with Gasteiger partial charge in [0.15, 0.2) is 0 Å². The molecule has 0 heterocycles. The predicted molar refractivity (Wildman–Crippen MR) is 57.7 cm³/mol. The minimum atomic E-state index is 0.491. The lowest BCUT2D eigenvalue weighted by molar-refractivity contribution is 0.647. The SMILES string of the molecule is CC(C)Cc1cccc(NCN)c1. The summed E-state index contributed by atoms with van der Waals surface area (Å²) in [6.07, 6.45) is 1.13. The Kier molecular flexibility index (Phi) is 3.77. The van der Waals surface area contributed by atoms with Gasteiger partial charge in [0.1, 0.15) is 0 Å². The molecule has 1 aromatic rings. The van der Waals surface area contributed by atoms with E-state index in [2.05, 4.69) is 37.4 Å². The lowest BCUT2D eigenvalue weighted by atomic mass is 10.0. The molecule has 0 bridgehead atoms. The van der Waals surface area contributed by atoms with Crippen LogP contribution in [0.4, 0.5) is 5.69 Å². The summed E-state index contributed by atoms with van der Waals surface area (Å²) in [5.74, 6) is 0.702. The topological polar surface area (TPSA) is 38.0 Å². The third-order valence-electron chi connectivity index (χ3n) is 1.88. The van der Waals surface area contributed by atoms with Gasteiger partial charge in [-0.3, -0.25) is 0 Å². The van der Waals surface area contributed by atoms with Crippen LogP contribution in [0.5, 0.6) is 0 Å². The Bertz CT molecular complexity index is 256. The molecule has 0 atom stereocenters. The summed E-state index contributed by atoms with van der Waals surface area (Å²) in [6, 6.07) is 8.42. The van der Waals surface area contributed by atoms with Gasteiger partial charge < -0.3 is 11.1 Å². The number of nitrogens with one attached hydrogen (secondary N) is 1. The molecule has 0 aliphatic carbocycles. The first-order valence-corrected chi connectivity index (χ1v) is 4.75. The smallest absolute Gasteiger partial charge is 0.0628 e. The van der Waals surface area contributed by atoms with Crippen molar-refractivity contribution >= 4 is 5.69 Å². The van der Waals surface area contributed by atoms with Crippen LogP contribution < -0.4 is 11.1 Å². The number of nitrogens with two attached hydrogens (primary N) is 1. The van der Waals surface area contributed by atoms with Crippen molar-refractivity contribution in [3.8, 4) is 0 Å². The van der Waals surface area contributed by atoms with E-state index in [0.29, 0.717) is 12.6 Å². The lowest BCUT2D eigenvalue weighted by Crippen LogP contribution is -2.10. The summed E-state index contributed by atoms with van der Waals surface area (Å²) in [6.45, 7) is 4.94. The fourth-order valence-corrected chi connectivity index (χ4v) is 1.40. The first-order valence-electron chi connectivity index (χ1n) is 4.75. The largest absolute Gasteiger partial charge is 0.373 e. The molecule has 0 aromatic heterocycles. The van der Waals surface area contributed by atoms with Crippen LogP contribution >= 0.6 is 0 Å². The molecule has 0 fully saturated rings. The van der Waals surface area contributed by atoms with Crippen molar-refractivity contribution in [3.63, 3.8) is 0 Å². The van der Waals surface area contributed by atoms with Gasteiger partial charge >= 0.3 is 0 Å². The van der Waals surface area contributed by atoms with Crippen LogP contribution in [0, 0.1) is 5.92 Å². The molecule has 72 valence electrons. The van der Waals surface area contributed by atoms with Crippen LogP contribution in [0.15, 0.2) is 24.3 Å². The Morgan fingerprint density at radius 2 is 2.15 bits per heavy atom. The van der Waals surface area contributed by atoms with Crippen LogP contribution in [0.1, 0.15) is 19.4 Å². The second kappa shape index (κ2) is 4.87. The van der Waals surface area contributed by atoms with Crippen LogP contribution in [0.25, 0.3) is 0 Å². The molecule has 2 heteroatoms. The van der Waals surface area contributed by atoms with E-state index in [4.69, 9.17) is 5.73 Å². The molecule has 1 rings (SSSR count). The minimum absolute atomic E-state index is 0.491. The molecule has 0 saturated carbocycles. The van der Waals surface area contributed by atoms with Crippen molar-refractivity contribution < 1.29 is 0 Å². The number of benzene rings is 1. The lowest BCUT2D eigenvalue weighted by Gasteiger charge is -2.07. The Balaban J connectivity index is 2.67. The fourth-order valence-electron chi connectivity index (χ4n) is 1.40. The third kappa shape index (κ3) is 3.47. The quantitative estimate of drug-likeness (QED) is 0.694. The number of hydrogen-bond acceptors (Lipinski definition) is 2. The van der Waals surface area contributed by atoms with Crippen LogP contribution in [-0.4, -0.2) is 6.67 Å². The second-order valence-corrected chi connectivity index (χ2v) is 3.68. The maximum atomic E-state index is 5.40. The average molecular weight is 178 g/mol. The zero-order chi connectivity index (χ0) is 9.68. The summed E-state index contributed by atoms with van der Waals surface area (Å²) in [5, 5.41) is 3.10. The van der Waals surface area contributed by atoms with Gasteiger partial charge in [0.05, 0.1) is 6.67 Å². The molecule has 0 spiro atoms. The number of rotatable bonds is 4. The van der Waals surface area contributed by atoms with E-state index in [9.17, 15) is 0 Å². The van der Waals surface area contributed by atoms with Crippen molar-refractivity contribution in [3.05, 3.63) is 29.8 Å². The van der Waals surface area contributed by atoms with E-state index >= 15 is 0 Å². The van der Waals surface area contributed by atoms with Crippen molar-refractivity contribution in [2.75, 3.05) is 12.0 Å². The molecule has 0 aliphatic heterocycles. The van der Waals surface area contributed by atoms with Gasteiger partial charge in [-0.25, -0.2) is 0 Å². The van der Waals surface area contributed by atoms with Gasteiger partial charge in [-0.15, -0.1) is 0 Å². The van der Waals surface area contributed by atoms with E-state index in [1.165, 1.54) is 5.56 Å². The standard InChI is InChI=1S/C11H18N2/c1-9(2)6-10-4-3-5-11(7-10)13-8-12/h3-5,7,9,13H,6,8,12H2,1-2H3. The maximum absolute atomic E-state index is 5.40. The monoisotopic (exact) mass is 178 g/mol. The Labute approximate surface area is 80.1 Å². The third-order valence-corrected chi connectivity index (χ3v) is 1.88. The predicted octanol–water partition coefficient (Wildman–Crippen LogP) is 2.21. The zero-order valence-electron chi connectivity index (χ0n) is 8.38. The maximum Gasteiger partial charge on any atom is 0.0628 e. The highest BCUT2D eigenvalue weighted by molar-refractivity contribution is 5.45. The van der Waals surface area contributed by atoms with Crippen molar-refractivity contribution in [2.24, 2.45) is 11.7 Å². The van der Waals surface area contributed by atoms with Crippen molar-refractivity contribution in [2.45, 2.75) is 20.3 Å². The van der Waals surface area contributed by atoms with E-state index in [-0.39, 0.29) is 0 Å². The molecule has 1 aromatic carbocycles. The molecule has 0 radical (unpaired) electrons. The van der Waals surface area contributed by atoms with Gasteiger partial charge in [-0.05, 0) is 30.0 Å². The van der Waals surface area contributed by atoms with Gasteiger partial charge in [0, 0.05) is 5.69 Å². The molecule has 0 amide bonds. The summed E-state index contributed by atoms with van der Waals surface area (Å²) >= 11 is 0. The van der Waals surface area contributed by atoms with E-state index in [1.54, 1.807) is 0 Å². The summed E-state index contributed by atoms with van der Waals surface area (Å²) in [5.41, 5.74) is 7.88. The highest BCUT2D eigenvalue weighted by Gasteiger charge is 1.98. The first kappa shape index (κ1) is 10.1. The first-order chi connectivity index (χ1) is 6.22. The van der Waals surface area contributed by atoms with Gasteiger partial charge in [-0.1, -0.05) is 26.0 Å². The Morgan fingerprint density at radius 3 is 2.77 bits per heavy atom. The normalized spacial score (nSPS) is 10.5. The molecule has 3 N–H and O–H groups in total. The summed E-state index contributed by atoms with van der Waals surface area (Å²) < 4.78 is 0. The number of hydrogen-bond donors (Lipinski definition) is 2. The number of anilines is 1. The molecule has 0 saturated heterocycles. The Hall–Kier alpha value is -1.02. The van der Waals surface area contributed by atoms with Gasteiger partial charge in [0.2, 0.25) is 0 Å². The van der Waals surface area contributed by atoms with Crippen molar-refractivity contribution in [1.29, 1.82) is 0 Å². The highest BCUT2D eigenvalue weighted by Crippen LogP contribution is 2.13. The molecule has 0 aliphatic rings. The zero-order valence-corrected chi connectivity index (χ0v) is 8.38. The minimum Gasteiger partial charge on any atom is -0.373 e. The fraction of sp³-hybridized carbons (Fsp3) is 0.455. The molecule has 13 heavy (non-hydrogen) atoms. The average Bonchev–Trinajstić information content (AvgIpc) is 2.04. The van der Waals surface area contributed by atoms with E-state index in [0.717, 1.165) is 12.1 Å². The molecular weight excluding hydrogens is 160 g/mol. The molecule has 2 nitrogen and oxygen atoms in total. The summed E-state index contributed by atoms with van der Waals surface area (Å²) in [4.78, 5) is 0. The van der Waals surface area contributed by atoms with Crippen LogP contribution in [0.3, 0.4) is 0 Å². The van der Waals surface area contributed by atoms with E-state index in [1.807, 2.05) is 6.07 Å². The van der Waals surface area contributed by atoms with Crippen LogP contribution in [-0.2, 0) is 6.42 Å².